The largest absolute Gasteiger partial charge is 0.474 e. The summed E-state index contributed by atoms with van der Waals surface area (Å²) in [7, 11) is 0. The van der Waals surface area contributed by atoms with E-state index < -0.39 is 0 Å². The van der Waals surface area contributed by atoms with Gasteiger partial charge < -0.3 is 9.84 Å². The molecule has 0 spiro atoms. The molecule has 0 amide bonds. The average molecular weight is 358 g/mol. The molecule has 1 N–H and O–H groups in total. The normalized spacial score (nSPS) is 22.5. The molecule has 0 bridgehead atoms. The van der Waals surface area contributed by atoms with Crippen LogP contribution in [-0.2, 0) is 4.74 Å². The molecule has 3 rings (SSSR count). The molecule has 2 unspecified atom stereocenters. The van der Waals surface area contributed by atoms with Gasteiger partial charge in [-0.1, -0.05) is 54.7 Å². The predicted molar refractivity (Wildman–Crippen MR) is 106 cm³/mol. The SMILES string of the molecule is OCCCC(OC1=CC=CCC1=S)N1CCCC(c2ccccc2)C1. The molecule has 25 heavy (non-hydrogen) atoms. The van der Waals surface area contributed by atoms with Crippen molar-refractivity contribution in [1.82, 2.24) is 4.90 Å². The van der Waals surface area contributed by atoms with E-state index in [1.807, 2.05) is 12.2 Å². The van der Waals surface area contributed by atoms with Crippen LogP contribution in [0.1, 0.15) is 43.6 Å². The Morgan fingerprint density at radius 3 is 2.88 bits per heavy atom. The summed E-state index contributed by atoms with van der Waals surface area (Å²) in [5.41, 5.74) is 1.41. The van der Waals surface area contributed by atoms with Gasteiger partial charge in [0.2, 0.25) is 0 Å². The molecule has 0 radical (unpaired) electrons. The van der Waals surface area contributed by atoms with Gasteiger partial charge in [-0.15, -0.1) is 0 Å². The van der Waals surface area contributed by atoms with Gasteiger partial charge in [0.05, 0.1) is 4.86 Å². The fourth-order valence-corrected chi connectivity index (χ4v) is 3.84. The molecule has 1 heterocycles. The summed E-state index contributed by atoms with van der Waals surface area (Å²) >= 11 is 5.45. The zero-order valence-electron chi connectivity index (χ0n) is 14.6. The molecule has 1 saturated heterocycles. The first kappa shape index (κ1) is 18.3. The molecule has 4 heteroatoms. The van der Waals surface area contributed by atoms with Crippen molar-refractivity contribution in [2.45, 2.75) is 44.2 Å². The van der Waals surface area contributed by atoms with Crippen molar-refractivity contribution in [2.75, 3.05) is 19.7 Å². The zero-order chi connectivity index (χ0) is 17.5. The van der Waals surface area contributed by atoms with Crippen LogP contribution in [0.5, 0.6) is 0 Å². The first-order valence-corrected chi connectivity index (χ1v) is 9.65. The highest BCUT2D eigenvalue weighted by Crippen LogP contribution is 2.30. The highest BCUT2D eigenvalue weighted by molar-refractivity contribution is 7.80. The second-order valence-corrected chi connectivity index (χ2v) is 7.26. The number of thiocarbonyl (C=S) groups is 1. The van der Waals surface area contributed by atoms with Gasteiger partial charge in [0.15, 0.2) is 6.23 Å². The Hall–Kier alpha value is -1.49. The second kappa shape index (κ2) is 9.27. The maximum Gasteiger partial charge on any atom is 0.152 e. The van der Waals surface area contributed by atoms with Crippen LogP contribution in [0.3, 0.4) is 0 Å². The van der Waals surface area contributed by atoms with Crippen molar-refractivity contribution in [3.05, 3.63) is 59.9 Å². The third-order valence-corrected chi connectivity index (χ3v) is 5.33. The smallest absolute Gasteiger partial charge is 0.152 e. The van der Waals surface area contributed by atoms with Crippen molar-refractivity contribution in [1.29, 1.82) is 0 Å². The first-order chi connectivity index (χ1) is 12.3. The van der Waals surface area contributed by atoms with E-state index in [4.69, 9.17) is 17.0 Å². The van der Waals surface area contributed by atoms with Crippen molar-refractivity contribution >= 4 is 17.1 Å². The molecule has 3 nitrogen and oxygen atoms in total. The minimum atomic E-state index is -0.0191. The third-order valence-electron chi connectivity index (χ3n) is 4.97. The van der Waals surface area contributed by atoms with Crippen LogP contribution in [0.15, 0.2) is 54.3 Å². The summed E-state index contributed by atoms with van der Waals surface area (Å²) in [6.07, 6.45) is 10.8. The number of aliphatic hydroxyl groups excluding tert-OH is 1. The molecule has 0 aromatic heterocycles. The number of aliphatic hydroxyl groups is 1. The van der Waals surface area contributed by atoms with Gasteiger partial charge >= 0.3 is 0 Å². The monoisotopic (exact) mass is 357 g/mol. The van der Waals surface area contributed by atoms with Gasteiger partial charge in [0, 0.05) is 32.5 Å². The summed E-state index contributed by atoms with van der Waals surface area (Å²) in [6.45, 7) is 2.23. The van der Waals surface area contributed by atoms with Gasteiger partial charge in [-0.3, -0.25) is 4.90 Å². The fourth-order valence-electron chi connectivity index (χ4n) is 3.62. The Labute approximate surface area is 156 Å². The van der Waals surface area contributed by atoms with Gasteiger partial charge in [-0.2, -0.15) is 0 Å². The van der Waals surface area contributed by atoms with Crippen LogP contribution in [0.25, 0.3) is 0 Å². The van der Waals surface area contributed by atoms with E-state index in [1.54, 1.807) is 0 Å². The van der Waals surface area contributed by atoms with E-state index >= 15 is 0 Å². The summed E-state index contributed by atoms with van der Waals surface area (Å²) in [5.74, 6) is 1.37. The lowest BCUT2D eigenvalue weighted by Gasteiger charge is -2.39. The Morgan fingerprint density at radius 1 is 1.28 bits per heavy atom. The van der Waals surface area contributed by atoms with Crippen LogP contribution >= 0.6 is 12.2 Å². The minimum absolute atomic E-state index is 0.0191. The van der Waals surface area contributed by atoms with Crippen LogP contribution in [0.2, 0.25) is 0 Å². The van der Waals surface area contributed by atoms with Crippen molar-refractivity contribution < 1.29 is 9.84 Å². The van der Waals surface area contributed by atoms with Crippen molar-refractivity contribution in [2.24, 2.45) is 0 Å². The molecule has 1 aliphatic heterocycles. The zero-order valence-corrected chi connectivity index (χ0v) is 15.5. The summed E-state index contributed by atoms with van der Waals surface area (Å²) in [5, 5.41) is 9.28. The molecular weight excluding hydrogens is 330 g/mol. The van der Waals surface area contributed by atoms with Crippen LogP contribution < -0.4 is 0 Å². The molecule has 1 aliphatic carbocycles. The van der Waals surface area contributed by atoms with Gasteiger partial charge in [0.25, 0.3) is 0 Å². The third kappa shape index (κ3) is 5.00. The summed E-state index contributed by atoms with van der Waals surface area (Å²) in [4.78, 5) is 3.30. The molecule has 1 aromatic rings. The van der Waals surface area contributed by atoms with E-state index in [2.05, 4.69) is 41.3 Å². The first-order valence-electron chi connectivity index (χ1n) is 9.24. The van der Waals surface area contributed by atoms with E-state index in [1.165, 1.54) is 18.4 Å². The summed E-state index contributed by atoms with van der Waals surface area (Å²) in [6, 6.07) is 10.8. The summed E-state index contributed by atoms with van der Waals surface area (Å²) < 4.78 is 6.31. The van der Waals surface area contributed by atoms with E-state index in [0.717, 1.165) is 43.0 Å². The fraction of sp³-hybridized carbons (Fsp3) is 0.476. The average Bonchev–Trinajstić information content (AvgIpc) is 2.67. The highest BCUT2D eigenvalue weighted by atomic mass is 32.1. The number of nitrogens with zero attached hydrogens (tertiary/aromatic N) is 1. The molecule has 0 saturated carbocycles. The van der Waals surface area contributed by atoms with E-state index in [9.17, 15) is 5.11 Å². The number of allylic oxidation sites excluding steroid dienone is 4. The lowest BCUT2D eigenvalue weighted by Crippen LogP contribution is -2.43. The maximum absolute atomic E-state index is 9.28. The molecular formula is C21H27NO2S. The second-order valence-electron chi connectivity index (χ2n) is 6.77. The van der Waals surface area contributed by atoms with Crippen LogP contribution in [0.4, 0.5) is 0 Å². The Morgan fingerprint density at radius 2 is 2.12 bits per heavy atom. The van der Waals surface area contributed by atoms with Crippen LogP contribution in [-0.4, -0.2) is 40.8 Å². The Balaban J connectivity index is 1.70. The number of ether oxygens (including phenoxy) is 1. The molecule has 134 valence electrons. The van der Waals surface area contributed by atoms with Crippen molar-refractivity contribution in [3.8, 4) is 0 Å². The molecule has 1 fully saturated rings. The lowest BCUT2D eigenvalue weighted by atomic mass is 9.90. The standard InChI is InChI=1S/C21H27NO2S/c23-15-7-13-21(24-19-11-4-5-12-20(19)25)22-14-6-10-18(16-22)17-8-2-1-3-9-17/h1-5,8-9,11,18,21,23H,6-7,10,12-16H2. The number of rotatable bonds is 7. The topological polar surface area (TPSA) is 32.7 Å². The van der Waals surface area contributed by atoms with E-state index in [-0.39, 0.29) is 12.8 Å². The minimum Gasteiger partial charge on any atom is -0.474 e. The highest BCUT2D eigenvalue weighted by Gasteiger charge is 2.28. The number of hydrogen-bond donors (Lipinski definition) is 1. The predicted octanol–water partition coefficient (Wildman–Crippen LogP) is 4.19. The Bertz CT molecular complexity index is 626. The Kier molecular flexibility index (Phi) is 6.79. The van der Waals surface area contributed by atoms with Gasteiger partial charge in [-0.25, -0.2) is 0 Å². The number of benzene rings is 1. The molecule has 1 aromatic carbocycles. The maximum atomic E-state index is 9.28. The van der Waals surface area contributed by atoms with E-state index in [0.29, 0.717) is 5.92 Å². The number of likely N-dealkylation sites (tertiary alicyclic amines) is 1. The molecule has 2 aliphatic rings. The molecule has 2 atom stereocenters. The number of piperidine rings is 1. The quantitative estimate of drug-likeness (QED) is 0.742. The lowest BCUT2D eigenvalue weighted by molar-refractivity contribution is -0.0383. The van der Waals surface area contributed by atoms with Crippen molar-refractivity contribution in [3.63, 3.8) is 0 Å². The van der Waals surface area contributed by atoms with Gasteiger partial charge in [-0.05, 0) is 36.8 Å². The van der Waals surface area contributed by atoms with Gasteiger partial charge in [0.1, 0.15) is 5.76 Å². The number of hydrogen-bond acceptors (Lipinski definition) is 4. The van der Waals surface area contributed by atoms with Crippen LogP contribution in [0, 0.1) is 0 Å².